The van der Waals surface area contributed by atoms with Crippen LogP contribution in [0.25, 0.3) is 10.8 Å². The lowest BCUT2D eigenvalue weighted by Gasteiger charge is -2.37. The second-order valence-electron chi connectivity index (χ2n) is 7.88. The maximum absolute atomic E-state index is 13.2. The average molecular weight is 432 g/mol. The summed E-state index contributed by atoms with van der Waals surface area (Å²) >= 11 is 0. The monoisotopic (exact) mass is 432 g/mol. The predicted octanol–water partition coefficient (Wildman–Crippen LogP) is 2.97. The lowest BCUT2D eigenvalue weighted by atomic mass is 10.0. The van der Waals surface area contributed by atoms with Gasteiger partial charge in [0, 0.05) is 26.2 Å². The van der Waals surface area contributed by atoms with E-state index in [-0.39, 0.29) is 18.4 Å². The molecular formula is C25H24N2O5. The molecule has 2 aliphatic rings. The first-order valence-electron chi connectivity index (χ1n) is 10.7. The van der Waals surface area contributed by atoms with Gasteiger partial charge in [-0.2, -0.15) is 0 Å². The zero-order chi connectivity index (χ0) is 22.1. The van der Waals surface area contributed by atoms with E-state index >= 15 is 0 Å². The number of ether oxygens (including phenoxy) is 3. The molecule has 3 aromatic rings. The van der Waals surface area contributed by atoms with Gasteiger partial charge in [-0.3, -0.25) is 9.59 Å². The molecule has 7 nitrogen and oxygen atoms in total. The first-order valence-corrected chi connectivity index (χ1v) is 10.7. The van der Waals surface area contributed by atoms with Crippen molar-refractivity contribution in [2.75, 3.05) is 39.9 Å². The average Bonchev–Trinajstić information content (AvgIpc) is 2.86. The minimum Gasteiger partial charge on any atom is -0.496 e. The van der Waals surface area contributed by atoms with Crippen molar-refractivity contribution in [3.05, 3.63) is 66.2 Å². The van der Waals surface area contributed by atoms with Crippen molar-refractivity contribution in [1.29, 1.82) is 0 Å². The number of fused-ring (bicyclic) bond motifs is 2. The van der Waals surface area contributed by atoms with E-state index in [0.717, 1.165) is 10.8 Å². The van der Waals surface area contributed by atoms with Gasteiger partial charge in [0.15, 0.2) is 11.5 Å². The van der Waals surface area contributed by atoms with Crippen LogP contribution in [-0.4, -0.2) is 67.6 Å². The Hall–Kier alpha value is -3.74. The molecule has 2 amide bonds. The lowest BCUT2D eigenvalue weighted by molar-refractivity contribution is -0.142. The van der Waals surface area contributed by atoms with E-state index in [1.165, 1.54) is 0 Å². The number of hydrogen-bond acceptors (Lipinski definition) is 5. The molecule has 2 aliphatic heterocycles. The van der Waals surface area contributed by atoms with Crippen molar-refractivity contribution in [3.8, 4) is 17.2 Å². The third kappa shape index (κ3) is 3.70. The van der Waals surface area contributed by atoms with Gasteiger partial charge in [-0.05, 0) is 35.0 Å². The molecule has 32 heavy (non-hydrogen) atoms. The van der Waals surface area contributed by atoms with Crippen LogP contribution in [0.15, 0.2) is 60.7 Å². The molecule has 0 aliphatic carbocycles. The van der Waals surface area contributed by atoms with Crippen LogP contribution in [-0.2, 0) is 4.79 Å². The summed E-state index contributed by atoms with van der Waals surface area (Å²) in [7, 11) is 1.57. The topological polar surface area (TPSA) is 68.3 Å². The number of nitrogens with zero attached hydrogens (tertiary/aromatic N) is 2. The molecule has 0 bridgehead atoms. The number of piperazine rings is 1. The van der Waals surface area contributed by atoms with E-state index in [4.69, 9.17) is 14.2 Å². The van der Waals surface area contributed by atoms with E-state index in [1.54, 1.807) is 23.0 Å². The minimum absolute atomic E-state index is 0.0918. The highest BCUT2D eigenvalue weighted by Crippen LogP contribution is 2.31. The number of para-hydroxylation sites is 2. The first-order chi connectivity index (χ1) is 15.6. The Morgan fingerprint density at radius 3 is 2.22 bits per heavy atom. The molecule has 3 aromatic carbocycles. The molecule has 0 aromatic heterocycles. The molecule has 0 radical (unpaired) electrons. The molecule has 1 saturated heterocycles. The fraction of sp³-hybridized carbons (Fsp3) is 0.280. The van der Waals surface area contributed by atoms with Crippen molar-refractivity contribution in [2.24, 2.45) is 0 Å². The van der Waals surface area contributed by atoms with Gasteiger partial charge in [-0.15, -0.1) is 0 Å². The third-order valence-electron chi connectivity index (χ3n) is 5.96. The summed E-state index contributed by atoms with van der Waals surface area (Å²) in [6, 6.07) is 19.0. The van der Waals surface area contributed by atoms with E-state index < -0.39 is 6.10 Å². The quantitative estimate of drug-likeness (QED) is 0.637. The van der Waals surface area contributed by atoms with Crippen LogP contribution in [0.4, 0.5) is 0 Å². The van der Waals surface area contributed by atoms with Crippen molar-refractivity contribution in [3.63, 3.8) is 0 Å². The van der Waals surface area contributed by atoms with Crippen LogP contribution in [0.2, 0.25) is 0 Å². The Labute approximate surface area is 186 Å². The number of carbonyl (C=O) groups excluding carboxylic acids is 2. The van der Waals surface area contributed by atoms with Gasteiger partial charge < -0.3 is 24.0 Å². The maximum Gasteiger partial charge on any atom is 0.267 e. The third-order valence-corrected chi connectivity index (χ3v) is 5.96. The SMILES string of the molecule is COc1cc2ccccc2cc1C(=O)N1CCN(C(=O)C2COc3ccccc3O2)CC1. The molecule has 1 unspecified atom stereocenters. The summed E-state index contributed by atoms with van der Waals surface area (Å²) in [5.41, 5.74) is 0.534. The zero-order valence-electron chi connectivity index (χ0n) is 17.8. The fourth-order valence-electron chi connectivity index (χ4n) is 4.20. The van der Waals surface area contributed by atoms with Gasteiger partial charge in [-0.25, -0.2) is 0 Å². The molecule has 5 rings (SSSR count). The van der Waals surface area contributed by atoms with Gasteiger partial charge in [0.05, 0.1) is 12.7 Å². The summed E-state index contributed by atoms with van der Waals surface area (Å²) in [6.45, 7) is 1.97. The second kappa shape index (κ2) is 8.42. The van der Waals surface area contributed by atoms with E-state index in [0.29, 0.717) is 49.0 Å². The smallest absolute Gasteiger partial charge is 0.267 e. The Kier molecular flexibility index (Phi) is 5.31. The summed E-state index contributed by atoms with van der Waals surface area (Å²) in [5.74, 6) is 1.57. The number of carbonyl (C=O) groups is 2. The Morgan fingerprint density at radius 1 is 0.875 bits per heavy atom. The summed E-state index contributed by atoms with van der Waals surface area (Å²) in [5, 5.41) is 2.01. The van der Waals surface area contributed by atoms with E-state index in [9.17, 15) is 9.59 Å². The summed E-state index contributed by atoms with van der Waals surface area (Å²) in [6.07, 6.45) is -0.673. The molecule has 7 heteroatoms. The number of hydrogen-bond donors (Lipinski definition) is 0. The van der Waals surface area contributed by atoms with Crippen molar-refractivity contribution in [1.82, 2.24) is 9.80 Å². The molecular weight excluding hydrogens is 408 g/mol. The molecule has 164 valence electrons. The highest BCUT2D eigenvalue weighted by atomic mass is 16.6. The molecule has 0 spiro atoms. The van der Waals surface area contributed by atoms with Crippen LogP contribution >= 0.6 is 0 Å². The minimum atomic E-state index is -0.673. The molecule has 0 N–H and O–H groups in total. The molecule has 0 saturated carbocycles. The van der Waals surface area contributed by atoms with Gasteiger partial charge in [0.2, 0.25) is 6.10 Å². The van der Waals surface area contributed by atoms with Crippen molar-refractivity contribution >= 4 is 22.6 Å². The van der Waals surface area contributed by atoms with E-state index in [1.807, 2.05) is 54.6 Å². The zero-order valence-corrected chi connectivity index (χ0v) is 17.8. The van der Waals surface area contributed by atoms with Crippen LogP contribution in [0.5, 0.6) is 17.2 Å². The molecule has 2 heterocycles. The number of methoxy groups -OCH3 is 1. The highest BCUT2D eigenvalue weighted by Gasteiger charge is 2.34. The molecule has 1 atom stereocenters. The predicted molar refractivity (Wildman–Crippen MR) is 119 cm³/mol. The highest BCUT2D eigenvalue weighted by molar-refractivity contribution is 6.01. The summed E-state index contributed by atoms with van der Waals surface area (Å²) < 4.78 is 17.0. The number of benzene rings is 3. The Morgan fingerprint density at radius 2 is 1.50 bits per heavy atom. The van der Waals surface area contributed by atoms with E-state index in [2.05, 4.69) is 0 Å². The molecule has 1 fully saturated rings. The number of rotatable bonds is 3. The second-order valence-corrected chi connectivity index (χ2v) is 7.88. The van der Waals surface area contributed by atoms with Gasteiger partial charge in [0.1, 0.15) is 12.4 Å². The first kappa shape index (κ1) is 20.2. The van der Waals surface area contributed by atoms with Crippen LogP contribution in [0, 0.1) is 0 Å². The largest absolute Gasteiger partial charge is 0.496 e. The number of amides is 2. The van der Waals surface area contributed by atoms with Crippen molar-refractivity contribution < 1.29 is 23.8 Å². The van der Waals surface area contributed by atoms with Crippen molar-refractivity contribution in [2.45, 2.75) is 6.10 Å². The van der Waals surface area contributed by atoms with Crippen LogP contribution < -0.4 is 14.2 Å². The normalized spacial score (nSPS) is 17.8. The lowest BCUT2D eigenvalue weighted by Crippen LogP contribution is -2.55. The van der Waals surface area contributed by atoms with Crippen LogP contribution in [0.3, 0.4) is 0 Å². The Bertz CT molecular complexity index is 1170. The standard InChI is InChI=1S/C25H24N2O5/c1-30-22-15-18-7-3-2-6-17(18)14-19(22)24(28)26-10-12-27(13-11-26)25(29)23-16-31-20-8-4-5-9-21(20)32-23/h2-9,14-15,23H,10-13,16H2,1H3. The fourth-order valence-corrected chi connectivity index (χ4v) is 4.20. The maximum atomic E-state index is 13.2. The van der Waals surface area contributed by atoms with Gasteiger partial charge >= 0.3 is 0 Å². The Balaban J connectivity index is 1.25. The van der Waals surface area contributed by atoms with Crippen LogP contribution in [0.1, 0.15) is 10.4 Å². The van der Waals surface area contributed by atoms with Gasteiger partial charge in [0.25, 0.3) is 11.8 Å². The van der Waals surface area contributed by atoms with Gasteiger partial charge in [-0.1, -0.05) is 36.4 Å². The summed E-state index contributed by atoms with van der Waals surface area (Å²) in [4.78, 5) is 29.7.